The van der Waals surface area contributed by atoms with Gasteiger partial charge in [-0.2, -0.15) is 0 Å². The van der Waals surface area contributed by atoms with Crippen LogP contribution in [0, 0.1) is 0 Å². The highest BCUT2D eigenvalue weighted by Crippen LogP contribution is 2.29. The minimum absolute atomic E-state index is 0.0690. The highest BCUT2D eigenvalue weighted by Gasteiger charge is 2.27. The van der Waals surface area contributed by atoms with Crippen molar-refractivity contribution in [2.24, 2.45) is 0 Å². The second-order valence-electron chi connectivity index (χ2n) is 5.87. The van der Waals surface area contributed by atoms with Gasteiger partial charge in [0, 0.05) is 30.6 Å². The molecule has 2 aromatic rings. The molecule has 2 aliphatic heterocycles. The van der Waals surface area contributed by atoms with Gasteiger partial charge in [0.2, 0.25) is 11.8 Å². The number of thiazole rings is 1. The Hall–Kier alpha value is -2.21. The van der Waals surface area contributed by atoms with Crippen LogP contribution in [0.5, 0.6) is 0 Å². The van der Waals surface area contributed by atoms with Gasteiger partial charge in [0.25, 0.3) is 0 Å². The first-order valence-electron chi connectivity index (χ1n) is 7.85. The van der Waals surface area contributed by atoms with E-state index in [0.717, 1.165) is 42.4 Å². The summed E-state index contributed by atoms with van der Waals surface area (Å²) in [7, 11) is 0. The van der Waals surface area contributed by atoms with E-state index in [9.17, 15) is 9.59 Å². The molecule has 1 aromatic carbocycles. The molecule has 1 aromatic heterocycles. The van der Waals surface area contributed by atoms with E-state index in [4.69, 9.17) is 0 Å². The third-order valence-electron chi connectivity index (χ3n) is 4.36. The van der Waals surface area contributed by atoms with Crippen LogP contribution in [0.25, 0.3) is 0 Å². The van der Waals surface area contributed by atoms with Crippen LogP contribution in [-0.4, -0.2) is 29.9 Å². The summed E-state index contributed by atoms with van der Waals surface area (Å²) in [6, 6.07) is 8.04. The molecule has 0 saturated carbocycles. The van der Waals surface area contributed by atoms with E-state index in [1.165, 1.54) is 16.9 Å². The molecule has 6 heteroatoms. The van der Waals surface area contributed by atoms with E-state index in [0.29, 0.717) is 6.42 Å². The summed E-state index contributed by atoms with van der Waals surface area (Å²) >= 11 is 1.44. The lowest BCUT2D eigenvalue weighted by Gasteiger charge is -2.16. The third kappa shape index (κ3) is 2.63. The quantitative estimate of drug-likeness (QED) is 0.870. The van der Waals surface area contributed by atoms with Crippen molar-refractivity contribution in [2.75, 3.05) is 22.9 Å². The number of nitrogens with zero attached hydrogens (tertiary/aromatic N) is 3. The van der Waals surface area contributed by atoms with Crippen LogP contribution in [0.2, 0.25) is 0 Å². The molecule has 1 fully saturated rings. The van der Waals surface area contributed by atoms with Crippen molar-refractivity contribution in [3.8, 4) is 0 Å². The van der Waals surface area contributed by atoms with Gasteiger partial charge < -0.3 is 4.90 Å². The lowest BCUT2D eigenvalue weighted by molar-refractivity contribution is -0.118. The average Bonchev–Trinajstić information content (AvgIpc) is 3.26. The molecule has 1 saturated heterocycles. The maximum Gasteiger partial charge on any atom is 0.233 e. The fourth-order valence-corrected chi connectivity index (χ4v) is 4.07. The molecule has 4 rings (SSSR count). The van der Waals surface area contributed by atoms with E-state index < -0.39 is 0 Å². The van der Waals surface area contributed by atoms with E-state index in [1.54, 1.807) is 4.90 Å². The number of rotatable bonds is 3. The smallest absolute Gasteiger partial charge is 0.233 e. The van der Waals surface area contributed by atoms with E-state index in [1.807, 2.05) is 28.5 Å². The molecule has 2 amide bonds. The van der Waals surface area contributed by atoms with Crippen molar-refractivity contribution in [1.82, 2.24) is 4.98 Å². The first-order chi connectivity index (χ1) is 11.2. The highest BCUT2D eigenvalue weighted by molar-refractivity contribution is 7.14. The van der Waals surface area contributed by atoms with Gasteiger partial charge in [0.1, 0.15) is 0 Å². The fraction of sp³-hybridized carbons (Fsp3) is 0.353. The van der Waals surface area contributed by atoms with Crippen LogP contribution >= 0.6 is 11.3 Å². The molecular formula is C17H17N3O2S. The van der Waals surface area contributed by atoms with Crippen LogP contribution in [0.15, 0.2) is 29.6 Å². The van der Waals surface area contributed by atoms with Gasteiger partial charge in [-0.3, -0.25) is 14.5 Å². The predicted molar refractivity (Wildman–Crippen MR) is 89.9 cm³/mol. The third-order valence-corrected chi connectivity index (χ3v) is 5.28. The van der Waals surface area contributed by atoms with Crippen molar-refractivity contribution < 1.29 is 9.59 Å². The van der Waals surface area contributed by atoms with Crippen molar-refractivity contribution in [2.45, 2.75) is 25.7 Å². The van der Waals surface area contributed by atoms with Crippen molar-refractivity contribution in [1.29, 1.82) is 0 Å². The van der Waals surface area contributed by atoms with Crippen molar-refractivity contribution >= 4 is 34.0 Å². The number of fused-ring (bicyclic) bond motifs is 1. The molecule has 0 aliphatic carbocycles. The largest absolute Gasteiger partial charge is 0.311 e. The van der Waals surface area contributed by atoms with Gasteiger partial charge in [-0.05, 0) is 24.5 Å². The lowest BCUT2D eigenvalue weighted by Crippen LogP contribution is -2.30. The Morgan fingerprint density at radius 1 is 1.22 bits per heavy atom. The minimum Gasteiger partial charge on any atom is -0.311 e. The number of amides is 2. The lowest BCUT2D eigenvalue weighted by atomic mass is 10.2. The zero-order chi connectivity index (χ0) is 15.8. The fourth-order valence-electron chi connectivity index (χ4n) is 3.20. The minimum atomic E-state index is 0.0690. The standard InChI is InChI=1S/C17H17N3O2S/c21-15-6-3-8-20(15)17-18-13(11-23-17)10-16(22)19-9-7-12-4-1-2-5-14(12)19/h1-2,4-5,11H,3,6-10H2. The number of para-hydroxylation sites is 1. The molecule has 0 bridgehead atoms. The molecule has 23 heavy (non-hydrogen) atoms. The molecule has 0 radical (unpaired) electrons. The molecular weight excluding hydrogens is 310 g/mol. The molecule has 0 atom stereocenters. The summed E-state index contributed by atoms with van der Waals surface area (Å²) in [6.07, 6.45) is 2.68. The topological polar surface area (TPSA) is 53.5 Å². The summed E-state index contributed by atoms with van der Waals surface area (Å²) < 4.78 is 0. The molecule has 3 heterocycles. The van der Waals surface area contributed by atoms with Gasteiger partial charge in [-0.25, -0.2) is 4.98 Å². The van der Waals surface area contributed by atoms with E-state index >= 15 is 0 Å². The van der Waals surface area contributed by atoms with E-state index in [2.05, 4.69) is 11.1 Å². The SMILES string of the molecule is O=C1CCCN1c1nc(CC(=O)N2CCc3ccccc32)cs1. The highest BCUT2D eigenvalue weighted by atomic mass is 32.1. The number of carbonyl (C=O) groups is 2. The van der Waals surface area contributed by atoms with Crippen LogP contribution in [-0.2, 0) is 22.4 Å². The van der Waals surface area contributed by atoms with Gasteiger partial charge in [-0.15, -0.1) is 11.3 Å². The summed E-state index contributed by atoms with van der Waals surface area (Å²) in [4.78, 5) is 32.4. The Balaban J connectivity index is 1.48. The second-order valence-corrected chi connectivity index (χ2v) is 6.71. The van der Waals surface area contributed by atoms with E-state index in [-0.39, 0.29) is 18.2 Å². The Morgan fingerprint density at radius 3 is 2.91 bits per heavy atom. The Bertz CT molecular complexity index is 771. The maximum atomic E-state index is 12.6. The molecule has 2 aliphatic rings. The van der Waals surface area contributed by atoms with Crippen LogP contribution < -0.4 is 9.80 Å². The number of benzene rings is 1. The van der Waals surface area contributed by atoms with Crippen LogP contribution in [0.1, 0.15) is 24.1 Å². The first kappa shape index (κ1) is 14.4. The molecule has 0 spiro atoms. The second kappa shape index (κ2) is 5.77. The molecule has 0 unspecified atom stereocenters. The normalized spacial score (nSPS) is 17.0. The summed E-state index contributed by atoms with van der Waals surface area (Å²) in [5.74, 6) is 0.199. The zero-order valence-electron chi connectivity index (χ0n) is 12.7. The van der Waals surface area contributed by atoms with Gasteiger partial charge in [0.05, 0.1) is 12.1 Å². The summed E-state index contributed by atoms with van der Waals surface area (Å²) in [5.41, 5.74) is 2.99. The number of hydrogen-bond donors (Lipinski definition) is 0. The number of anilines is 2. The Morgan fingerprint density at radius 2 is 2.09 bits per heavy atom. The predicted octanol–water partition coefficient (Wildman–Crippen LogP) is 2.40. The summed E-state index contributed by atoms with van der Waals surface area (Å²) in [5, 5.41) is 2.61. The summed E-state index contributed by atoms with van der Waals surface area (Å²) in [6.45, 7) is 1.47. The van der Waals surface area contributed by atoms with Gasteiger partial charge in [0.15, 0.2) is 5.13 Å². The van der Waals surface area contributed by atoms with Crippen molar-refractivity contribution in [3.05, 3.63) is 40.9 Å². The Kier molecular flexibility index (Phi) is 3.61. The van der Waals surface area contributed by atoms with Crippen LogP contribution in [0.4, 0.5) is 10.8 Å². The maximum absolute atomic E-state index is 12.6. The zero-order valence-corrected chi connectivity index (χ0v) is 13.5. The number of carbonyl (C=O) groups excluding carboxylic acids is 2. The first-order valence-corrected chi connectivity index (χ1v) is 8.73. The molecule has 5 nitrogen and oxygen atoms in total. The monoisotopic (exact) mass is 327 g/mol. The Labute approximate surface area is 138 Å². The number of hydrogen-bond acceptors (Lipinski definition) is 4. The van der Waals surface area contributed by atoms with Gasteiger partial charge in [-0.1, -0.05) is 18.2 Å². The number of aromatic nitrogens is 1. The van der Waals surface area contributed by atoms with Gasteiger partial charge >= 0.3 is 0 Å². The molecule has 118 valence electrons. The van der Waals surface area contributed by atoms with Crippen LogP contribution in [0.3, 0.4) is 0 Å². The van der Waals surface area contributed by atoms with Crippen molar-refractivity contribution in [3.63, 3.8) is 0 Å². The molecule has 0 N–H and O–H groups in total. The average molecular weight is 327 g/mol.